The first kappa shape index (κ1) is 13.8. The molecule has 110 valence electrons. The Morgan fingerprint density at radius 2 is 2.29 bits per heavy atom. The minimum Gasteiger partial charge on any atom is -0.491 e. The standard InChI is InChI=1S/C16H18N2O3/c1-20-16(19)15(18-12-5-6-12)10-21-13-7-4-11-3-2-8-17-14(11)9-13/h2-4,7-9,12,15,18H,5-6,10H2,1H3. The molecule has 3 rings (SSSR count). The maximum atomic E-state index is 11.7. The molecule has 1 N–H and O–H groups in total. The van der Waals surface area contributed by atoms with E-state index in [-0.39, 0.29) is 12.6 Å². The molecular weight excluding hydrogens is 268 g/mol. The first-order valence-corrected chi connectivity index (χ1v) is 7.08. The van der Waals surface area contributed by atoms with Crippen molar-refractivity contribution in [1.82, 2.24) is 10.3 Å². The number of carbonyl (C=O) groups excluding carboxylic acids is 1. The second-order valence-electron chi connectivity index (χ2n) is 5.19. The lowest BCUT2D eigenvalue weighted by atomic mass is 10.2. The number of esters is 1. The quantitative estimate of drug-likeness (QED) is 0.822. The summed E-state index contributed by atoms with van der Waals surface area (Å²) in [5, 5.41) is 4.29. The van der Waals surface area contributed by atoms with Crippen molar-refractivity contribution in [3.8, 4) is 5.75 Å². The van der Waals surface area contributed by atoms with Crippen molar-refractivity contribution in [1.29, 1.82) is 0 Å². The second kappa shape index (κ2) is 6.10. The van der Waals surface area contributed by atoms with E-state index < -0.39 is 6.04 Å². The lowest BCUT2D eigenvalue weighted by Gasteiger charge is -2.17. The summed E-state index contributed by atoms with van der Waals surface area (Å²) in [5.41, 5.74) is 0.875. The van der Waals surface area contributed by atoms with Crippen molar-refractivity contribution in [2.75, 3.05) is 13.7 Å². The molecule has 0 spiro atoms. The van der Waals surface area contributed by atoms with Crippen LogP contribution in [0.2, 0.25) is 0 Å². The van der Waals surface area contributed by atoms with Gasteiger partial charge in [-0.25, -0.2) is 0 Å². The molecule has 2 aromatic rings. The molecule has 1 aromatic heterocycles. The topological polar surface area (TPSA) is 60.5 Å². The summed E-state index contributed by atoms with van der Waals surface area (Å²) in [7, 11) is 1.39. The van der Waals surface area contributed by atoms with E-state index in [2.05, 4.69) is 10.3 Å². The van der Waals surface area contributed by atoms with Gasteiger partial charge in [-0.05, 0) is 31.0 Å². The average Bonchev–Trinajstić information content (AvgIpc) is 3.34. The number of ether oxygens (including phenoxy) is 2. The molecule has 0 bridgehead atoms. The van der Waals surface area contributed by atoms with Crippen LogP contribution in [0.5, 0.6) is 5.75 Å². The molecular formula is C16H18N2O3. The molecule has 21 heavy (non-hydrogen) atoms. The summed E-state index contributed by atoms with van der Waals surface area (Å²) in [6.45, 7) is 0.252. The largest absolute Gasteiger partial charge is 0.491 e. The van der Waals surface area contributed by atoms with Gasteiger partial charge >= 0.3 is 5.97 Å². The molecule has 1 unspecified atom stereocenters. The lowest BCUT2D eigenvalue weighted by Crippen LogP contribution is -2.43. The molecule has 1 aliphatic rings. The fourth-order valence-electron chi connectivity index (χ4n) is 2.18. The maximum absolute atomic E-state index is 11.7. The predicted molar refractivity (Wildman–Crippen MR) is 79.2 cm³/mol. The van der Waals surface area contributed by atoms with Gasteiger partial charge in [0.2, 0.25) is 0 Å². The Balaban J connectivity index is 1.66. The molecule has 1 heterocycles. The van der Waals surface area contributed by atoms with E-state index in [1.54, 1.807) is 6.20 Å². The van der Waals surface area contributed by atoms with Crippen molar-refractivity contribution in [2.24, 2.45) is 0 Å². The van der Waals surface area contributed by atoms with Gasteiger partial charge in [-0.3, -0.25) is 15.1 Å². The molecule has 1 saturated carbocycles. The van der Waals surface area contributed by atoms with Crippen LogP contribution in [0, 0.1) is 0 Å². The molecule has 0 saturated heterocycles. The zero-order valence-electron chi connectivity index (χ0n) is 11.9. The monoisotopic (exact) mass is 286 g/mol. The number of aromatic nitrogens is 1. The fourth-order valence-corrected chi connectivity index (χ4v) is 2.18. The minimum absolute atomic E-state index is 0.252. The van der Waals surface area contributed by atoms with Gasteiger partial charge in [-0.15, -0.1) is 0 Å². The van der Waals surface area contributed by atoms with Crippen LogP contribution in [0.25, 0.3) is 10.9 Å². The van der Waals surface area contributed by atoms with E-state index in [1.807, 2.05) is 30.3 Å². The molecule has 0 radical (unpaired) electrons. The number of nitrogens with zero attached hydrogens (tertiary/aromatic N) is 1. The third kappa shape index (κ3) is 3.49. The highest BCUT2D eigenvalue weighted by atomic mass is 16.5. The Hall–Kier alpha value is -2.14. The number of benzene rings is 1. The van der Waals surface area contributed by atoms with Crippen LogP contribution in [0.4, 0.5) is 0 Å². The Bertz CT molecular complexity index is 640. The van der Waals surface area contributed by atoms with E-state index in [4.69, 9.17) is 9.47 Å². The number of fused-ring (bicyclic) bond motifs is 1. The van der Waals surface area contributed by atoms with Crippen molar-refractivity contribution >= 4 is 16.9 Å². The van der Waals surface area contributed by atoms with Gasteiger partial charge in [0.05, 0.1) is 12.6 Å². The van der Waals surface area contributed by atoms with Crippen LogP contribution in [-0.4, -0.2) is 36.8 Å². The lowest BCUT2D eigenvalue weighted by molar-refractivity contribution is -0.144. The van der Waals surface area contributed by atoms with Crippen LogP contribution in [0.1, 0.15) is 12.8 Å². The number of pyridine rings is 1. The Morgan fingerprint density at radius 1 is 1.43 bits per heavy atom. The molecule has 5 nitrogen and oxygen atoms in total. The third-order valence-electron chi connectivity index (χ3n) is 3.49. The highest BCUT2D eigenvalue weighted by Crippen LogP contribution is 2.21. The SMILES string of the molecule is COC(=O)C(COc1ccc2cccnc2c1)NC1CC1. The summed E-state index contributed by atoms with van der Waals surface area (Å²) >= 11 is 0. The van der Waals surface area contributed by atoms with Gasteiger partial charge in [0.25, 0.3) is 0 Å². The smallest absolute Gasteiger partial charge is 0.326 e. The van der Waals surface area contributed by atoms with Gasteiger partial charge in [0.1, 0.15) is 18.4 Å². The van der Waals surface area contributed by atoms with Gasteiger partial charge < -0.3 is 9.47 Å². The van der Waals surface area contributed by atoms with Gasteiger partial charge in [-0.2, -0.15) is 0 Å². The van der Waals surface area contributed by atoms with Crippen LogP contribution in [-0.2, 0) is 9.53 Å². The average molecular weight is 286 g/mol. The number of hydrogen-bond acceptors (Lipinski definition) is 5. The summed E-state index contributed by atoms with van der Waals surface area (Å²) in [5.74, 6) is 0.411. The van der Waals surface area contributed by atoms with Crippen LogP contribution in [0.15, 0.2) is 36.5 Å². The van der Waals surface area contributed by atoms with Crippen molar-refractivity contribution in [2.45, 2.75) is 24.9 Å². The summed E-state index contributed by atoms with van der Waals surface area (Å²) in [6, 6.07) is 9.60. The maximum Gasteiger partial charge on any atom is 0.326 e. The molecule has 1 atom stereocenters. The fraction of sp³-hybridized carbons (Fsp3) is 0.375. The summed E-state index contributed by atoms with van der Waals surface area (Å²) in [6.07, 6.45) is 3.96. The normalized spacial score (nSPS) is 15.7. The van der Waals surface area contributed by atoms with Gasteiger partial charge in [0, 0.05) is 23.7 Å². The van der Waals surface area contributed by atoms with Crippen molar-refractivity contribution in [3.63, 3.8) is 0 Å². The van der Waals surface area contributed by atoms with E-state index in [0.29, 0.717) is 11.8 Å². The number of rotatable bonds is 6. The molecule has 0 aliphatic heterocycles. The number of nitrogens with one attached hydrogen (secondary N) is 1. The summed E-state index contributed by atoms with van der Waals surface area (Å²) < 4.78 is 10.5. The van der Waals surface area contributed by atoms with E-state index in [1.165, 1.54) is 7.11 Å². The zero-order valence-corrected chi connectivity index (χ0v) is 11.9. The Morgan fingerprint density at radius 3 is 3.05 bits per heavy atom. The Kier molecular flexibility index (Phi) is 4.01. The zero-order chi connectivity index (χ0) is 14.7. The van der Waals surface area contributed by atoms with Crippen LogP contribution >= 0.6 is 0 Å². The molecule has 1 fully saturated rings. The van der Waals surface area contributed by atoms with Crippen LogP contribution in [0.3, 0.4) is 0 Å². The van der Waals surface area contributed by atoms with E-state index in [0.717, 1.165) is 23.7 Å². The third-order valence-corrected chi connectivity index (χ3v) is 3.49. The molecule has 1 aliphatic carbocycles. The van der Waals surface area contributed by atoms with Gasteiger partial charge in [-0.1, -0.05) is 6.07 Å². The van der Waals surface area contributed by atoms with Crippen LogP contribution < -0.4 is 10.1 Å². The highest BCUT2D eigenvalue weighted by molar-refractivity contribution is 5.79. The predicted octanol–water partition coefficient (Wildman–Crippen LogP) is 1.91. The van der Waals surface area contributed by atoms with Crippen molar-refractivity contribution < 1.29 is 14.3 Å². The number of hydrogen-bond donors (Lipinski definition) is 1. The molecule has 5 heteroatoms. The highest BCUT2D eigenvalue weighted by Gasteiger charge is 2.29. The number of carbonyl (C=O) groups is 1. The first-order chi connectivity index (χ1) is 10.3. The second-order valence-corrected chi connectivity index (χ2v) is 5.19. The van der Waals surface area contributed by atoms with E-state index >= 15 is 0 Å². The minimum atomic E-state index is -0.429. The Labute approximate surface area is 123 Å². The molecule has 1 aromatic carbocycles. The summed E-state index contributed by atoms with van der Waals surface area (Å²) in [4.78, 5) is 16.0. The number of methoxy groups -OCH3 is 1. The van der Waals surface area contributed by atoms with E-state index in [9.17, 15) is 4.79 Å². The first-order valence-electron chi connectivity index (χ1n) is 7.08. The molecule has 0 amide bonds. The van der Waals surface area contributed by atoms with Crippen molar-refractivity contribution in [3.05, 3.63) is 36.5 Å². The van der Waals surface area contributed by atoms with Gasteiger partial charge in [0.15, 0.2) is 0 Å².